The summed E-state index contributed by atoms with van der Waals surface area (Å²) < 4.78 is 53.6. The number of alkyl halides is 3. The highest BCUT2D eigenvalue weighted by Gasteiger charge is 2.35. The molecule has 0 bridgehead atoms. The molecule has 2 aromatic rings. The first-order valence-corrected chi connectivity index (χ1v) is 6.89. The summed E-state index contributed by atoms with van der Waals surface area (Å²) in [4.78, 5) is 9.54. The standard InChI is InChI=1S/C15H13F4N5/c1-24-12(20)7-5-6-10(22-13(7)23-14(24)21)11-8(15(17,18)19)3-2-4-9(11)16/h2-6,12H,20H2,1H3,(H2,21,22,23). The van der Waals surface area contributed by atoms with Gasteiger partial charge in [-0.15, -0.1) is 0 Å². The second-order valence-electron chi connectivity index (χ2n) is 5.30. The van der Waals surface area contributed by atoms with E-state index >= 15 is 0 Å². The van der Waals surface area contributed by atoms with Crippen molar-refractivity contribution in [1.82, 2.24) is 9.88 Å². The van der Waals surface area contributed by atoms with Gasteiger partial charge in [-0.1, -0.05) is 6.07 Å². The van der Waals surface area contributed by atoms with Crippen LogP contribution >= 0.6 is 0 Å². The summed E-state index contributed by atoms with van der Waals surface area (Å²) in [6, 6.07) is 5.51. The predicted molar refractivity (Wildman–Crippen MR) is 80.6 cm³/mol. The summed E-state index contributed by atoms with van der Waals surface area (Å²) in [7, 11) is 1.62. The largest absolute Gasteiger partial charge is 0.417 e. The number of aromatic nitrogens is 1. The Morgan fingerprint density at radius 1 is 1.17 bits per heavy atom. The Morgan fingerprint density at radius 3 is 2.54 bits per heavy atom. The van der Waals surface area contributed by atoms with Gasteiger partial charge in [-0.05, 0) is 24.3 Å². The first-order valence-electron chi connectivity index (χ1n) is 6.89. The van der Waals surface area contributed by atoms with E-state index in [0.29, 0.717) is 5.56 Å². The highest BCUT2D eigenvalue weighted by Crippen LogP contribution is 2.39. The molecule has 0 saturated heterocycles. The minimum absolute atomic E-state index is 0.0734. The average molecular weight is 339 g/mol. The van der Waals surface area contributed by atoms with Crippen molar-refractivity contribution in [3.05, 3.63) is 47.3 Å². The van der Waals surface area contributed by atoms with E-state index in [9.17, 15) is 17.6 Å². The zero-order valence-electron chi connectivity index (χ0n) is 12.5. The van der Waals surface area contributed by atoms with E-state index < -0.39 is 29.3 Å². The van der Waals surface area contributed by atoms with Crippen molar-refractivity contribution in [2.75, 3.05) is 7.05 Å². The van der Waals surface area contributed by atoms with Crippen LogP contribution in [-0.4, -0.2) is 22.9 Å². The summed E-state index contributed by atoms with van der Waals surface area (Å²) in [5.41, 5.74) is 10.2. The highest BCUT2D eigenvalue weighted by molar-refractivity contribution is 5.83. The quantitative estimate of drug-likeness (QED) is 0.783. The molecule has 1 aromatic heterocycles. The maximum atomic E-state index is 14.1. The molecule has 1 aliphatic rings. The minimum atomic E-state index is -4.71. The Kier molecular flexibility index (Phi) is 3.67. The summed E-state index contributed by atoms with van der Waals surface area (Å²) in [5, 5.41) is 0. The Morgan fingerprint density at radius 2 is 1.88 bits per heavy atom. The predicted octanol–water partition coefficient (Wildman–Crippen LogP) is 2.76. The molecule has 4 N–H and O–H groups in total. The Hall–Kier alpha value is -2.68. The van der Waals surface area contributed by atoms with Gasteiger partial charge < -0.3 is 16.4 Å². The lowest BCUT2D eigenvalue weighted by Gasteiger charge is -2.30. The monoisotopic (exact) mass is 339 g/mol. The molecule has 0 aliphatic carbocycles. The van der Waals surface area contributed by atoms with Gasteiger partial charge in [0.25, 0.3) is 0 Å². The number of nitrogens with two attached hydrogens (primary N) is 2. The topological polar surface area (TPSA) is 80.5 Å². The van der Waals surface area contributed by atoms with Crippen LogP contribution in [0.5, 0.6) is 0 Å². The zero-order chi connectivity index (χ0) is 17.6. The third kappa shape index (κ3) is 2.56. The molecule has 3 rings (SSSR count). The Bertz CT molecular complexity index is 831. The van der Waals surface area contributed by atoms with Crippen molar-refractivity contribution in [2.45, 2.75) is 12.3 Å². The van der Waals surface area contributed by atoms with Crippen LogP contribution in [0.15, 0.2) is 35.3 Å². The summed E-state index contributed by atoms with van der Waals surface area (Å²) in [5.74, 6) is -0.873. The van der Waals surface area contributed by atoms with Crippen LogP contribution in [-0.2, 0) is 6.18 Å². The van der Waals surface area contributed by atoms with Gasteiger partial charge in [0.05, 0.1) is 11.3 Å². The molecule has 1 aromatic carbocycles. The van der Waals surface area contributed by atoms with Crippen molar-refractivity contribution < 1.29 is 17.6 Å². The number of benzene rings is 1. The molecule has 1 unspecified atom stereocenters. The van der Waals surface area contributed by atoms with E-state index in [1.807, 2.05) is 0 Å². The first kappa shape index (κ1) is 16.2. The lowest BCUT2D eigenvalue weighted by atomic mass is 10.0. The third-order valence-electron chi connectivity index (χ3n) is 3.80. The van der Waals surface area contributed by atoms with E-state index in [1.54, 1.807) is 7.05 Å². The smallest absolute Gasteiger partial charge is 0.369 e. The molecule has 0 radical (unpaired) electrons. The van der Waals surface area contributed by atoms with E-state index in [2.05, 4.69) is 9.98 Å². The van der Waals surface area contributed by atoms with Gasteiger partial charge in [-0.2, -0.15) is 18.2 Å². The number of hydrogen-bond donors (Lipinski definition) is 2. The van der Waals surface area contributed by atoms with Crippen LogP contribution < -0.4 is 11.5 Å². The summed E-state index contributed by atoms with van der Waals surface area (Å²) in [6.07, 6.45) is -5.35. The second-order valence-corrected chi connectivity index (χ2v) is 5.30. The van der Waals surface area contributed by atoms with Crippen LogP contribution in [0, 0.1) is 5.82 Å². The van der Waals surface area contributed by atoms with Gasteiger partial charge in [-0.25, -0.2) is 9.37 Å². The molecule has 0 saturated carbocycles. The SMILES string of the molecule is CN1C(N)=Nc2nc(-c3c(F)cccc3C(F)(F)F)ccc2C1N. The molecular formula is C15H13F4N5. The number of guanidine groups is 1. The number of rotatable bonds is 1. The van der Waals surface area contributed by atoms with Gasteiger partial charge >= 0.3 is 6.18 Å². The molecule has 1 atom stereocenters. The number of aliphatic imine (C=N–C) groups is 1. The molecule has 0 spiro atoms. The molecule has 9 heteroatoms. The fourth-order valence-electron chi connectivity index (χ4n) is 2.48. The molecule has 2 heterocycles. The van der Waals surface area contributed by atoms with E-state index in [1.165, 1.54) is 17.0 Å². The van der Waals surface area contributed by atoms with Gasteiger partial charge in [0, 0.05) is 18.2 Å². The van der Waals surface area contributed by atoms with Gasteiger partial charge in [0.1, 0.15) is 12.0 Å². The second kappa shape index (κ2) is 5.45. The minimum Gasteiger partial charge on any atom is -0.369 e. The lowest BCUT2D eigenvalue weighted by Crippen LogP contribution is -2.43. The normalized spacial score (nSPS) is 17.5. The van der Waals surface area contributed by atoms with Gasteiger partial charge in [0.15, 0.2) is 11.8 Å². The maximum Gasteiger partial charge on any atom is 0.417 e. The maximum absolute atomic E-state index is 14.1. The fraction of sp³-hybridized carbons (Fsp3) is 0.200. The van der Waals surface area contributed by atoms with E-state index in [4.69, 9.17) is 11.5 Å². The number of pyridine rings is 1. The summed E-state index contributed by atoms with van der Waals surface area (Å²) in [6.45, 7) is 0. The molecular weight excluding hydrogens is 326 g/mol. The number of halogens is 4. The Balaban J connectivity index is 2.20. The average Bonchev–Trinajstić information content (AvgIpc) is 2.51. The van der Waals surface area contributed by atoms with Crippen molar-refractivity contribution in [3.8, 4) is 11.3 Å². The highest BCUT2D eigenvalue weighted by atomic mass is 19.4. The van der Waals surface area contributed by atoms with E-state index in [-0.39, 0.29) is 17.5 Å². The number of hydrogen-bond acceptors (Lipinski definition) is 5. The molecule has 24 heavy (non-hydrogen) atoms. The number of fused-ring (bicyclic) bond motifs is 1. The van der Waals surface area contributed by atoms with Crippen LogP contribution in [0.2, 0.25) is 0 Å². The molecule has 126 valence electrons. The lowest BCUT2D eigenvalue weighted by molar-refractivity contribution is -0.137. The molecule has 1 aliphatic heterocycles. The van der Waals surface area contributed by atoms with Crippen molar-refractivity contribution in [3.63, 3.8) is 0 Å². The summed E-state index contributed by atoms with van der Waals surface area (Å²) >= 11 is 0. The van der Waals surface area contributed by atoms with Crippen molar-refractivity contribution in [1.29, 1.82) is 0 Å². The number of nitrogens with zero attached hydrogens (tertiary/aromatic N) is 3. The van der Waals surface area contributed by atoms with Crippen LogP contribution in [0.1, 0.15) is 17.3 Å². The Labute approximate surface area is 134 Å². The van der Waals surface area contributed by atoms with Crippen LogP contribution in [0.3, 0.4) is 0 Å². The molecule has 0 amide bonds. The molecule has 0 fully saturated rings. The van der Waals surface area contributed by atoms with Crippen molar-refractivity contribution >= 4 is 11.8 Å². The van der Waals surface area contributed by atoms with Gasteiger partial charge in [0.2, 0.25) is 0 Å². The fourth-order valence-corrected chi connectivity index (χ4v) is 2.48. The van der Waals surface area contributed by atoms with Gasteiger partial charge in [-0.3, -0.25) is 0 Å². The van der Waals surface area contributed by atoms with Crippen LogP contribution in [0.25, 0.3) is 11.3 Å². The van der Waals surface area contributed by atoms with E-state index in [0.717, 1.165) is 18.2 Å². The molecule has 5 nitrogen and oxygen atoms in total. The third-order valence-corrected chi connectivity index (χ3v) is 3.80. The first-order chi connectivity index (χ1) is 11.2. The van der Waals surface area contributed by atoms with Crippen molar-refractivity contribution in [2.24, 2.45) is 16.5 Å². The van der Waals surface area contributed by atoms with Crippen LogP contribution in [0.4, 0.5) is 23.4 Å². The zero-order valence-corrected chi connectivity index (χ0v) is 12.5.